The molecule has 0 aromatic rings. The van der Waals surface area contributed by atoms with Crippen LogP contribution < -0.4 is 5.32 Å². The smallest absolute Gasteiger partial charge is 0.310 e. The van der Waals surface area contributed by atoms with E-state index < -0.39 is 0 Å². The summed E-state index contributed by atoms with van der Waals surface area (Å²) in [5.74, 6) is 0.448. The number of esters is 1. The SMILES string of the molecule is CCOC(=O)C1CN[C@H]2CCOC[C@H]2C1. The molecule has 0 bridgehead atoms. The van der Waals surface area contributed by atoms with Crippen LogP contribution in [0.2, 0.25) is 0 Å². The quantitative estimate of drug-likeness (QED) is 0.681. The van der Waals surface area contributed by atoms with Crippen molar-refractivity contribution >= 4 is 5.97 Å². The summed E-state index contributed by atoms with van der Waals surface area (Å²) in [6, 6.07) is 0.546. The topological polar surface area (TPSA) is 47.6 Å². The van der Waals surface area contributed by atoms with Crippen LogP contribution in [0, 0.1) is 11.8 Å². The van der Waals surface area contributed by atoms with Crippen molar-refractivity contribution in [2.24, 2.45) is 11.8 Å². The van der Waals surface area contributed by atoms with E-state index in [1.807, 2.05) is 6.92 Å². The zero-order valence-corrected chi connectivity index (χ0v) is 9.20. The molecule has 0 aromatic heterocycles. The first-order valence-electron chi connectivity index (χ1n) is 5.79. The van der Waals surface area contributed by atoms with E-state index in [1.54, 1.807) is 0 Å². The molecule has 3 atom stereocenters. The fraction of sp³-hybridized carbons (Fsp3) is 0.909. The molecule has 2 aliphatic rings. The Morgan fingerprint density at radius 1 is 1.60 bits per heavy atom. The Morgan fingerprint density at radius 3 is 3.27 bits per heavy atom. The second-order valence-electron chi connectivity index (χ2n) is 4.32. The van der Waals surface area contributed by atoms with Crippen molar-refractivity contribution in [2.45, 2.75) is 25.8 Å². The first-order chi connectivity index (χ1) is 7.31. The molecule has 0 amide bonds. The van der Waals surface area contributed by atoms with Gasteiger partial charge in [-0.15, -0.1) is 0 Å². The summed E-state index contributed by atoms with van der Waals surface area (Å²) in [7, 11) is 0. The lowest BCUT2D eigenvalue weighted by Gasteiger charge is -2.38. The standard InChI is InChI=1S/C11H19NO3/c1-2-15-11(13)8-5-9-7-14-4-3-10(9)12-6-8/h8-10,12H,2-7H2,1H3/t8?,9-,10+/m1/s1. The average Bonchev–Trinajstić information content (AvgIpc) is 2.29. The number of rotatable bonds is 2. The summed E-state index contributed by atoms with van der Waals surface area (Å²) < 4.78 is 10.5. The van der Waals surface area contributed by atoms with Crippen molar-refractivity contribution < 1.29 is 14.3 Å². The maximum absolute atomic E-state index is 11.6. The van der Waals surface area contributed by atoms with Crippen LogP contribution in [0.25, 0.3) is 0 Å². The predicted octanol–water partition coefficient (Wildman–Crippen LogP) is 0.564. The first-order valence-corrected chi connectivity index (χ1v) is 5.79. The van der Waals surface area contributed by atoms with Crippen molar-refractivity contribution in [3.05, 3.63) is 0 Å². The Balaban J connectivity index is 1.87. The van der Waals surface area contributed by atoms with Crippen LogP contribution in [0.15, 0.2) is 0 Å². The molecular weight excluding hydrogens is 194 g/mol. The molecule has 0 spiro atoms. The third kappa shape index (κ3) is 2.49. The second-order valence-corrected chi connectivity index (χ2v) is 4.32. The minimum Gasteiger partial charge on any atom is -0.466 e. The number of hydrogen-bond acceptors (Lipinski definition) is 4. The monoisotopic (exact) mass is 213 g/mol. The number of ether oxygens (including phenoxy) is 2. The minimum atomic E-state index is -0.0611. The van der Waals surface area contributed by atoms with Gasteiger partial charge in [-0.2, -0.15) is 0 Å². The molecule has 2 aliphatic heterocycles. The van der Waals surface area contributed by atoms with Gasteiger partial charge in [-0.3, -0.25) is 4.79 Å². The molecule has 2 fully saturated rings. The molecule has 1 unspecified atom stereocenters. The van der Waals surface area contributed by atoms with Crippen LogP contribution in [-0.2, 0) is 14.3 Å². The van der Waals surface area contributed by atoms with Gasteiger partial charge in [0.05, 0.1) is 19.1 Å². The zero-order chi connectivity index (χ0) is 10.7. The lowest BCUT2D eigenvalue weighted by atomic mass is 9.82. The third-order valence-electron chi connectivity index (χ3n) is 3.31. The molecule has 86 valence electrons. The summed E-state index contributed by atoms with van der Waals surface area (Å²) in [6.07, 6.45) is 1.98. The Bertz CT molecular complexity index is 232. The summed E-state index contributed by atoms with van der Waals surface area (Å²) in [6.45, 7) is 4.71. The van der Waals surface area contributed by atoms with Gasteiger partial charge in [-0.05, 0) is 25.7 Å². The largest absolute Gasteiger partial charge is 0.466 e. The normalized spacial score (nSPS) is 35.7. The Labute approximate surface area is 90.3 Å². The molecule has 0 saturated carbocycles. The van der Waals surface area contributed by atoms with Gasteiger partial charge in [0.2, 0.25) is 0 Å². The Morgan fingerprint density at radius 2 is 2.47 bits per heavy atom. The van der Waals surface area contributed by atoms with Gasteiger partial charge >= 0.3 is 5.97 Å². The molecule has 2 rings (SSSR count). The number of hydrogen-bond donors (Lipinski definition) is 1. The zero-order valence-electron chi connectivity index (χ0n) is 9.20. The molecule has 4 heteroatoms. The van der Waals surface area contributed by atoms with E-state index in [4.69, 9.17) is 9.47 Å². The summed E-state index contributed by atoms with van der Waals surface area (Å²) in [5, 5.41) is 3.43. The lowest BCUT2D eigenvalue weighted by Crippen LogP contribution is -2.51. The van der Waals surface area contributed by atoms with Crippen molar-refractivity contribution in [3.8, 4) is 0 Å². The molecule has 0 aliphatic carbocycles. The van der Waals surface area contributed by atoms with Crippen LogP contribution in [-0.4, -0.2) is 38.4 Å². The van der Waals surface area contributed by atoms with Gasteiger partial charge in [0.1, 0.15) is 0 Å². The van der Waals surface area contributed by atoms with Crippen molar-refractivity contribution in [1.82, 2.24) is 5.32 Å². The molecule has 1 N–H and O–H groups in total. The number of carbonyl (C=O) groups is 1. The van der Waals surface area contributed by atoms with Crippen molar-refractivity contribution in [1.29, 1.82) is 0 Å². The molecule has 2 heterocycles. The van der Waals surface area contributed by atoms with Crippen LogP contribution in [0.1, 0.15) is 19.8 Å². The van der Waals surface area contributed by atoms with E-state index in [1.165, 1.54) is 0 Å². The van der Waals surface area contributed by atoms with E-state index in [0.29, 0.717) is 18.6 Å². The second kappa shape index (κ2) is 4.94. The van der Waals surface area contributed by atoms with Crippen LogP contribution >= 0.6 is 0 Å². The minimum absolute atomic E-state index is 0.0212. The highest BCUT2D eigenvalue weighted by molar-refractivity contribution is 5.72. The number of nitrogens with one attached hydrogen (secondary N) is 1. The number of fused-ring (bicyclic) bond motifs is 1. The van der Waals surface area contributed by atoms with E-state index in [2.05, 4.69) is 5.32 Å². The van der Waals surface area contributed by atoms with E-state index >= 15 is 0 Å². The molecule has 0 aromatic carbocycles. The molecular formula is C11H19NO3. The molecule has 4 nitrogen and oxygen atoms in total. The van der Waals surface area contributed by atoms with Crippen molar-refractivity contribution in [2.75, 3.05) is 26.4 Å². The Kier molecular flexibility index (Phi) is 3.59. The maximum Gasteiger partial charge on any atom is 0.310 e. The van der Waals surface area contributed by atoms with Crippen LogP contribution in [0.3, 0.4) is 0 Å². The van der Waals surface area contributed by atoms with Crippen LogP contribution in [0.5, 0.6) is 0 Å². The number of carbonyl (C=O) groups excluding carboxylic acids is 1. The van der Waals surface area contributed by atoms with E-state index in [-0.39, 0.29) is 11.9 Å². The number of piperidine rings is 1. The third-order valence-corrected chi connectivity index (χ3v) is 3.31. The first kappa shape index (κ1) is 10.9. The fourth-order valence-corrected chi connectivity index (χ4v) is 2.48. The van der Waals surface area contributed by atoms with Gasteiger partial charge in [-0.25, -0.2) is 0 Å². The molecule has 2 saturated heterocycles. The maximum atomic E-state index is 11.6. The lowest BCUT2D eigenvalue weighted by molar-refractivity contribution is -0.150. The van der Waals surface area contributed by atoms with E-state index in [9.17, 15) is 4.79 Å². The van der Waals surface area contributed by atoms with Gasteiger partial charge in [0.25, 0.3) is 0 Å². The van der Waals surface area contributed by atoms with Gasteiger partial charge in [-0.1, -0.05) is 0 Å². The highest BCUT2D eigenvalue weighted by Gasteiger charge is 2.35. The van der Waals surface area contributed by atoms with E-state index in [0.717, 1.165) is 32.6 Å². The molecule has 15 heavy (non-hydrogen) atoms. The Hall–Kier alpha value is -0.610. The molecule has 0 radical (unpaired) electrons. The summed E-state index contributed by atoms with van der Waals surface area (Å²) in [4.78, 5) is 11.6. The van der Waals surface area contributed by atoms with Crippen LogP contribution in [0.4, 0.5) is 0 Å². The highest BCUT2D eigenvalue weighted by Crippen LogP contribution is 2.27. The predicted molar refractivity (Wildman–Crippen MR) is 55.5 cm³/mol. The highest BCUT2D eigenvalue weighted by atomic mass is 16.5. The van der Waals surface area contributed by atoms with Gasteiger partial charge in [0, 0.05) is 19.2 Å². The van der Waals surface area contributed by atoms with Gasteiger partial charge < -0.3 is 14.8 Å². The average molecular weight is 213 g/mol. The van der Waals surface area contributed by atoms with Gasteiger partial charge in [0.15, 0.2) is 0 Å². The van der Waals surface area contributed by atoms with Crippen molar-refractivity contribution in [3.63, 3.8) is 0 Å². The summed E-state index contributed by atoms with van der Waals surface area (Å²) in [5.41, 5.74) is 0. The summed E-state index contributed by atoms with van der Waals surface area (Å²) >= 11 is 0. The fourth-order valence-electron chi connectivity index (χ4n) is 2.48.